The van der Waals surface area contributed by atoms with Crippen molar-refractivity contribution in [3.8, 4) is 0 Å². The van der Waals surface area contributed by atoms with Crippen molar-refractivity contribution in [2.24, 2.45) is 0 Å². The number of anilines is 1. The summed E-state index contributed by atoms with van der Waals surface area (Å²) in [5.74, 6) is 0.379. The van der Waals surface area contributed by atoms with Gasteiger partial charge < -0.3 is 5.32 Å². The third-order valence-corrected chi connectivity index (χ3v) is 5.34. The molecule has 0 atom stereocenters. The maximum atomic E-state index is 12.7. The predicted molar refractivity (Wildman–Crippen MR) is 98.5 cm³/mol. The summed E-state index contributed by atoms with van der Waals surface area (Å²) in [5.41, 5.74) is 1.89. The van der Waals surface area contributed by atoms with Crippen LogP contribution < -0.4 is 5.32 Å². The number of benzene rings is 1. The third-order valence-electron chi connectivity index (χ3n) is 3.20. The molecule has 3 aromatic rings. The van der Waals surface area contributed by atoms with Gasteiger partial charge in [0.1, 0.15) is 5.69 Å². The summed E-state index contributed by atoms with van der Waals surface area (Å²) in [6, 6.07) is 13.4. The molecular formula is C17H16N4OS2. The molecule has 2 heterocycles. The highest BCUT2D eigenvalue weighted by Gasteiger charge is 2.20. The van der Waals surface area contributed by atoms with Gasteiger partial charge in [-0.2, -0.15) is 0 Å². The molecule has 5 nitrogen and oxygen atoms in total. The second-order valence-corrected chi connectivity index (χ2v) is 7.12. The zero-order chi connectivity index (χ0) is 16.8. The van der Waals surface area contributed by atoms with Gasteiger partial charge in [-0.15, -0.1) is 34.8 Å². The Bertz CT molecular complexity index is 813. The molecule has 0 bridgehead atoms. The van der Waals surface area contributed by atoms with Crippen molar-refractivity contribution in [3.63, 3.8) is 0 Å². The number of hydrogen-bond acceptors (Lipinski definition) is 5. The molecule has 24 heavy (non-hydrogen) atoms. The minimum atomic E-state index is -0.213. The maximum absolute atomic E-state index is 12.7. The van der Waals surface area contributed by atoms with Crippen molar-refractivity contribution >= 4 is 34.7 Å². The van der Waals surface area contributed by atoms with E-state index < -0.39 is 0 Å². The average molecular weight is 356 g/mol. The standard InChI is InChI=1S/C17H16N4OS2/c1-2-10-21-16(17(22)18-13-7-4-3-5-8-13)14(19-20-21)12-24-15-9-6-11-23-15/h2-9,11H,1,10,12H2,(H,18,22). The van der Waals surface area contributed by atoms with Gasteiger partial charge in [0.15, 0.2) is 5.69 Å². The minimum absolute atomic E-state index is 0.213. The minimum Gasteiger partial charge on any atom is -0.321 e. The van der Waals surface area contributed by atoms with Gasteiger partial charge in [0.25, 0.3) is 5.91 Å². The Morgan fingerprint density at radius 1 is 1.29 bits per heavy atom. The van der Waals surface area contributed by atoms with Crippen LogP contribution in [0.4, 0.5) is 5.69 Å². The number of carbonyl (C=O) groups excluding carboxylic acids is 1. The molecule has 1 amide bonds. The fourth-order valence-electron chi connectivity index (χ4n) is 2.14. The Labute approximate surface area is 148 Å². The summed E-state index contributed by atoms with van der Waals surface area (Å²) in [6.45, 7) is 4.15. The van der Waals surface area contributed by atoms with Crippen LogP contribution in [0.2, 0.25) is 0 Å². The van der Waals surface area contributed by atoms with Crippen LogP contribution in [0.15, 0.2) is 64.7 Å². The second kappa shape index (κ2) is 7.94. The Morgan fingerprint density at radius 2 is 2.12 bits per heavy atom. The van der Waals surface area contributed by atoms with Crippen molar-refractivity contribution in [2.75, 3.05) is 5.32 Å². The summed E-state index contributed by atoms with van der Waals surface area (Å²) in [6.07, 6.45) is 1.70. The Kier molecular flexibility index (Phi) is 5.45. The van der Waals surface area contributed by atoms with E-state index in [1.54, 1.807) is 33.9 Å². The Balaban J connectivity index is 1.81. The number of carbonyl (C=O) groups is 1. The second-order valence-electron chi connectivity index (χ2n) is 4.90. The van der Waals surface area contributed by atoms with Crippen LogP contribution in [-0.2, 0) is 12.3 Å². The lowest BCUT2D eigenvalue weighted by Crippen LogP contribution is -2.19. The zero-order valence-electron chi connectivity index (χ0n) is 12.9. The van der Waals surface area contributed by atoms with Crippen molar-refractivity contribution in [1.29, 1.82) is 0 Å². The molecule has 0 aliphatic heterocycles. The zero-order valence-corrected chi connectivity index (χ0v) is 14.5. The first-order valence-corrected chi connectivity index (χ1v) is 9.20. The van der Waals surface area contributed by atoms with E-state index in [-0.39, 0.29) is 5.91 Å². The van der Waals surface area contributed by atoms with Crippen molar-refractivity contribution in [2.45, 2.75) is 16.5 Å². The smallest absolute Gasteiger partial charge is 0.275 e. The molecule has 0 radical (unpaired) electrons. The van der Waals surface area contributed by atoms with Crippen molar-refractivity contribution in [3.05, 3.63) is 71.9 Å². The number of nitrogens with one attached hydrogen (secondary N) is 1. The van der Waals surface area contributed by atoms with Crippen LogP contribution in [0, 0.1) is 0 Å². The molecule has 0 aliphatic rings. The molecule has 1 N–H and O–H groups in total. The summed E-state index contributed by atoms with van der Waals surface area (Å²) in [7, 11) is 0. The number of aromatic nitrogens is 3. The van der Waals surface area contributed by atoms with E-state index in [9.17, 15) is 4.79 Å². The highest BCUT2D eigenvalue weighted by molar-refractivity contribution is 8.00. The molecule has 1 aromatic carbocycles. The van der Waals surface area contributed by atoms with E-state index in [2.05, 4.69) is 22.2 Å². The number of amides is 1. The summed E-state index contributed by atoms with van der Waals surface area (Å²) in [4.78, 5) is 12.7. The van der Waals surface area contributed by atoms with E-state index in [1.807, 2.05) is 47.8 Å². The lowest BCUT2D eigenvalue weighted by molar-refractivity contribution is 0.101. The van der Waals surface area contributed by atoms with Gasteiger partial charge in [-0.05, 0) is 23.6 Å². The van der Waals surface area contributed by atoms with E-state index >= 15 is 0 Å². The quantitative estimate of drug-likeness (QED) is 0.512. The third kappa shape index (κ3) is 3.93. The molecule has 3 rings (SSSR count). The number of thiophene rings is 1. The van der Waals surface area contributed by atoms with E-state index in [4.69, 9.17) is 0 Å². The van der Waals surface area contributed by atoms with E-state index in [0.717, 1.165) is 5.69 Å². The SMILES string of the molecule is C=CCn1nnc(CSc2cccs2)c1C(=O)Nc1ccccc1. The van der Waals surface area contributed by atoms with Gasteiger partial charge in [0.05, 0.1) is 10.8 Å². The molecule has 0 saturated heterocycles. The first-order chi connectivity index (χ1) is 11.8. The number of rotatable bonds is 7. The fourth-order valence-corrected chi connectivity index (χ4v) is 3.85. The molecule has 122 valence electrons. The average Bonchev–Trinajstić information content (AvgIpc) is 3.24. The number of thioether (sulfide) groups is 1. The van der Waals surface area contributed by atoms with Gasteiger partial charge in [-0.3, -0.25) is 4.79 Å². The fraction of sp³-hybridized carbons (Fsp3) is 0.118. The van der Waals surface area contributed by atoms with Crippen LogP contribution >= 0.6 is 23.1 Å². The number of nitrogens with zero attached hydrogens (tertiary/aromatic N) is 3. The summed E-state index contributed by atoms with van der Waals surface area (Å²) >= 11 is 3.31. The van der Waals surface area contributed by atoms with Crippen LogP contribution in [0.5, 0.6) is 0 Å². The molecule has 0 spiro atoms. The molecule has 2 aromatic heterocycles. The van der Waals surface area contributed by atoms with E-state index in [0.29, 0.717) is 23.7 Å². The van der Waals surface area contributed by atoms with Gasteiger partial charge in [-0.25, -0.2) is 4.68 Å². The van der Waals surface area contributed by atoms with Crippen LogP contribution in [0.25, 0.3) is 0 Å². The summed E-state index contributed by atoms with van der Waals surface area (Å²) in [5, 5.41) is 13.2. The van der Waals surface area contributed by atoms with E-state index in [1.165, 1.54) is 4.21 Å². The monoisotopic (exact) mass is 356 g/mol. The Hall–Kier alpha value is -2.38. The molecule has 0 fully saturated rings. The highest BCUT2D eigenvalue weighted by Crippen LogP contribution is 2.27. The Morgan fingerprint density at radius 3 is 2.83 bits per heavy atom. The van der Waals surface area contributed by atoms with Crippen LogP contribution in [-0.4, -0.2) is 20.9 Å². The predicted octanol–water partition coefficient (Wildman–Crippen LogP) is 4.07. The van der Waals surface area contributed by atoms with Gasteiger partial charge >= 0.3 is 0 Å². The van der Waals surface area contributed by atoms with Gasteiger partial charge in [0.2, 0.25) is 0 Å². The van der Waals surface area contributed by atoms with Gasteiger partial charge in [-0.1, -0.05) is 35.6 Å². The largest absolute Gasteiger partial charge is 0.321 e. The van der Waals surface area contributed by atoms with Gasteiger partial charge in [0, 0.05) is 11.4 Å². The lowest BCUT2D eigenvalue weighted by atomic mass is 10.2. The maximum Gasteiger partial charge on any atom is 0.275 e. The van der Waals surface area contributed by atoms with Crippen LogP contribution in [0.1, 0.15) is 16.2 Å². The first-order valence-electron chi connectivity index (χ1n) is 7.34. The molecule has 0 unspecified atom stereocenters. The first kappa shape index (κ1) is 16.5. The number of hydrogen-bond donors (Lipinski definition) is 1. The normalized spacial score (nSPS) is 10.5. The summed E-state index contributed by atoms with van der Waals surface area (Å²) < 4.78 is 2.76. The molecule has 0 saturated carbocycles. The number of para-hydroxylation sites is 1. The molecule has 0 aliphatic carbocycles. The van der Waals surface area contributed by atoms with Crippen molar-refractivity contribution in [1.82, 2.24) is 15.0 Å². The number of allylic oxidation sites excluding steroid dienone is 1. The molecule has 7 heteroatoms. The highest BCUT2D eigenvalue weighted by atomic mass is 32.2. The topological polar surface area (TPSA) is 59.8 Å². The lowest BCUT2D eigenvalue weighted by Gasteiger charge is -2.08. The van der Waals surface area contributed by atoms with Crippen LogP contribution in [0.3, 0.4) is 0 Å². The molecular weight excluding hydrogens is 340 g/mol. The van der Waals surface area contributed by atoms with Crippen molar-refractivity contribution < 1.29 is 4.79 Å².